The second-order valence-corrected chi connectivity index (χ2v) is 7.03. The standard InChI is InChI=1S/C9H13BrN2O2S/c1-6(2)12-9(10)7-5-15(13,14)4-3-8(7)11-12/h6H,3-5H2,1-2H3. The van der Waals surface area contributed by atoms with Crippen LogP contribution in [0.25, 0.3) is 0 Å². The molecule has 84 valence electrons. The van der Waals surface area contributed by atoms with Crippen molar-refractivity contribution in [2.24, 2.45) is 0 Å². The van der Waals surface area contributed by atoms with E-state index in [1.165, 1.54) is 0 Å². The van der Waals surface area contributed by atoms with Crippen molar-refractivity contribution in [2.75, 3.05) is 5.75 Å². The van der Waals surface area contributed by atoms with Gasteiger partial charge in [0.2, 0.25) is 0 Å². The highest BCUT2D eigenvalue weighted by molar-refractivity contribution is 9.10. The first-order valence-corrected chi connectivity index (χ1v) is 7.48. The van der Waals surface area contributed by atoms with Gasteiger partial charge in [-0.25, -0.2) is 8.42 Å². The lowest BCUT2D eigenvalue weighted by molar-refractivity contribution is 0.517. The number of sulfone groups is 1. The lowest BCUT2D eigenvalue weighted by atomic mass is 10.2. The second kappa shape index (κ2) is 3.59. The molecule has 0 saturated heterocycles. The van der Waals surface area contributed by atoms with Crippen LogP contribution in [0.2, 0.25) is 0 Å². The molecule has 2 rings (SSSR count). The van der Waals surface area contributed by atoms with E-state index in [-0.39, 0.29) is 17.5 Å². The summed E-state index contributed by atoms with van der Waals surface area (Å²) in [7, 11) is -2.91. The van der Waals surface area contributed by atoms with E-state index in [4.69, 9.17) is 0 Å². The summed E-state index contributed by atoms with van der Waals surface area (Å²) in [6, 6.07) is 0.243. The predicted octanol–water partition coefficient (Wildman–Crippen LogP) is 1.70. The first kappa shape index (κ1) is 11.1. The van der Waals surface area contributed by atoms with Crippen LogP contribution < -0.4 is 0 Å². The van der Waals surface area contributed by atoms with Crippen LogP contribution in [0.5, 0.6) is 0 Å². The molecule has 1 aromatic heterocycles. The van der Waals surface area contributed by atoms with Crippen LogP contribution in [0.3, 0.4) is 0 Å². The molecule has 0 spiro atoms. The zero-order valence-corrected chi connectivity index (χ0v) is 11.1. The minimum absolute atomic E-state index is 0.121. The topological polar surface area (TPSA) is 52.0 Å². The van der Waals surface area contributed by atoms with E-state index in [1.54, 1.807) is 0 Å². The largest absolute Gasteiger partial charge is 0.255 e. The second-order valence-electron chi connectivity index (χ2n) is 4.10. The molecular formula is C9H13BrN2O2S. The molecule has 0 aliphatic carbocycles. The highest BCUT2D eigenvalue weighted by Crippen LogP contribution is 2.29. The molecule has 0 radical (unpaired) electrons. The van der Waals surface area contributed by atoms with E-state index in [9.17, 15) is 8.42 Å². The van der Waals surface area contributed by atoms with Gasteiger partial charge in [-0.2, -0.15) is 5.10 Å². The van der Waals surface area contributed by atoms with Gasteiger partial charge in [-0.15, -0.1) is 0 Å². The Morgan fingerprint density at radius 2 is 2.13 bits per heavy atom. The number of hydrogen-bond acceptors (Lipinski definition) is 3. The molecule has 1 aliphatic heterocycles. The molecule has 2 heterocycles. The normalized spacial score (nSPS) is 19.2. The summed E-state index contributed by atoms with van der Waals surface area (Å²) < 4.78 is 25.6. The lowest BCUT2D eigenvalue weighted by Crippen LogP contribution is -2.18. The fraction of sp³-hybridized carbons (Fsp3) is 0.667. The summed E-state index contributed by atoms with van der Waals surface area (Å²) in [6.07, 6.45) is 0.538. The highest BCUT2D eigenvalue weighted by Gasteiger charge is 2.27. The summed E-state index contributed by atoms with van der Waals surface area (Å²) in [5, 5.41) is 4.42. The van der Waals surface area contributed by atoms with E-state index in [1.807, 2.05) is 18.5 Å². The number of fused-ring (bicyclic) bond motifs is 1. The van der Waals surface area contributed by atoms with E-state index in [2.05, 4.69) is 21.0 Å². The Morgan fingerprint density at radius 1 is 1.47 bits per heavy atom. The van der Waals surface area contributed by atoms with Crippen molar-refractivity contribution < 1.29 is 8.42 Å². The van der Waals surface area contributed by atoms with Crippen molar-refractivity contribution >= 4 is 25.8 Å². The number of aryl methyl sites for hydroxylation is 1. The van der Waals surface area contributed by atoms with Crippen molar-refractivity contribution in [3.05, 3.63) is 15.9 Å². The van der Waals surface area contributed by atoms with Gasteiger partial charge in [-0.3, -0.25) is 4.68 Å². The van der Waals surface area contributed by atoms with Crippen LogP contribution in [0, 0.1) is 0 Å². The van der Waals surface area contributed by atoms with Gasteiger partial charge in [0.05, 0.1) is 17.2 Å². The van der Waals surface area contributed by atoms with Gasteiger partial charge < -0.3 is 0 Å². The zero-order valence-electron chi connectivity index (χ0n) is 8.70. The minimum Gasteiger partial charge on any atom is -0.255 e. The average molecular weight is 293 g/mol. The van der Waals surface area contributed by atoms with Crippen molar-refractivity contribution in [1.29, 1.82) is 0 Å². The van der Waals surface area contributed by atoms with Crippen molar-refractivity contribution in [3.8, 4) is 0 Å². The van der Waals surface area contributed by atoms with Gasteiger partial charge in [0.1, 0.15) is 4.60 Å². The Labute approximate surface area is 97.7 Å². The third-order valence-corrected chi connectivity index (χ3v) is 4.93. The molecule has 4 nitrogen and oxygen atoms in total. The quantitative estimate of drug-likeness (QED) is 0.792. The maximum atomic E-state index is 11.5. The molecule has 15 heavy (non-hydrogen) atoms. The van der Waals surface area contributed by atoms with Gasteiger partial charge in [0.15, 0.2) is 9.84 Å². The molecule has 0 amide bonds. The molecule has 0 fully saturated rings. The van der Waals surface area contributed by atoms with Crippen LogP contribution in [0.15, 0.2) is 4.60 Å². The summed E-state index contributed by atoms with van der Waals surface area (Å²) in [5.41, 5.74) is 1.76. The summed E-state index contributed by atoms with van der Waals surface area (Å²) in [5.74, 6) is 0.344. The van der Waals surface area contributed by atoms with E-state index >= 15 is 0 Å². The third-order valence-electron chi connectivity index (χ3n) is 2.53. The molecule has 1 aliphatic rings. The van der Waals surface area contributed by atoms with Crippen LogP contribution in [-0.4, -0.2) is 24.0 Å². The van der Waals surface area contributed by atoms with Crippen LogP contribution in [-0.2, 0) is 22.0 Å². The Kier molecular flexibility index (Phi) is 2.66. The number of hydrogen-bond donors (Lipinski definition) is 0. The molecule has 0 bridgehead atoms. The van der Waals surface area contributed by atoms with E-state index < -0.39 is 9.84 Å². The average Bonchev–Trinajstić information content (AvgIpc) is 2.42. The maximum Gasteiger partial charge on any atom is 0.155 e. The number of nitrogens with zero attached hydrogens (tertiary/aromatic N) is 2. The maximum absolute atomic E-state index is 11.5. The van der Waals surface area contributed by atoms with Crippen molar-refractivity contribution in [1.82, 2.24) is 9.78 Å². The van der Waals surface area contributed by atoms with Gasteiger partial charge in [-0.1, -0.05) is 0 Å². The summed E-state index contributed by atoms with van der Waals surface area (Å²) >= 11 is 3.43. The smallest absolute Gasteiger partial charge is 0.155 e. The van der Waals surface area contributed by atoms with Gasteiger partial charge in [0.25, 0.3) is 0 Å². The molecular weight excluding hydrogens is 280 g/mol. The SMILES string of the molecule is CC(C)n1nc2c(c1Br)CS(=O)(=O)CC2. The monoisotopic (exact) mass is 292 g/mol. The summed E-state index contributed by atoms with van der Waals surface area (Å²) in [6.45, 7) is 4.05. The number of halogens is 1. The zero-order chi connectivity index (χ0) is 11.2. The fourth-order valence-electron chi connectivity index (χ4n) is 1.72. The number of aromatic nitrogens is 2. The predicted molar refractivity (Wildman–Crippen MR) is 61.5 cm³/mol. The molecule has 0 N–H and O–H groups in total. The first-order chi connectivity index (χ1) is 6.91. The third kappa shape index (κ3) is 1.97. The lowest BCUT2D eigenvalue weighted by Gasteiger charge is -2.10. The number of rotatable bonds is 1. The first-order valence-electron chi connectivity index (χ1n) is 4.87. The van der Waals surface area contributed by atoms with Crippen LogP contribution in [0.4, 0.5) is 0 Å². The fourth-order valence-corrected chi connectivity index (χ4v) is 4.16. The van der Waals surface area contributed by atoms with Gasteiger partial charge in [0, 0.05) is 18.0 Å². The molecule has 0 aromatic carbocycles. The molecule has 1 aromatic rings. The minimum atomic E-state index is -2.91. The van der Waals surface area contributed by atoms with Gasteiger partial charge in [-0.05, 0) is 29.8 Å². The van der Waals surface area contributed by atoms with Crippen molar-refractivity contribution in [2.45, 2.75) is 32.1 Å². The van der Waals surface area contributed by atoms with E-state index in [0.717, 1.165) is 15.9 Å². The highest BCUT2D eigenvalue weighted by atomic mass is 79.9. The van der Waals surface area contributed by atoms with Crippen LogP contribution in [0.1, 0.15) is 31.1 Å². The van der Waals surface area contributed by atoms with Crippen LogP contribution >= 0.6 is 15.9 Å². The molecule has 0 saturated carbocycles. The molecule has 6 heteroatoms. The van der Waals surface area contributed by atoms with Gasteiger partial charge >= 0.3 is 0 Å². The van der Waals surface area contributed by atoms with E-state index in [0.29, 0.717) is 6.42 Å². The Morgan fingerprint density at radius 3 is 2.73 bits per heavy atom. The molecule has 0 atom stereocenters. The van der Waals surface area contributed by atoms with Crippen molar-refractivity contribution in [3.63, 3.8) is 0 Å². The summed E-state index contributed by atoms with van der Waals surface area (Å²) in [4.78, 5) is 0. The Bertz CT molecular complexity index is 490. The Hall–Kier alpha value is -0.360. The Balaban J connectivity index is 2.51. The molecule has 0 unspecified atom stereocenters.